The molecule has 1 N–H and O–H groups in total. The van der Waals surface area contributed by atoms with Gasteiger partial charge in [-0.25, -0.2) is 9.50 Å². The first-order chi connectivity index (χ1) is 16.3. The Bertz CT molecular complexity index is 1380. The van der Waals surface area contributed by atoms with Crippen molar-refractivity contribution in [2.45, 2.75) is 33.6 Å². The molecule has 0 saturated heterocycles. The lowest BCUT2D eigenvalue weighted by molar-refractivity contribution is -0.116. The van der Waals surface area contributed by atoms with Crippen LogP contribution < -0.4 is 14.8 Å². The van der Waals surface area contributed by atoms with Crippen LogP contribution in [0, 0.1) is 20.8 Å². The zero-order chi connectivity index (χ0) is 24.4. The van der Waals surface area contributed by atoms with Gasteiger partial charge in [-0.2, -0.15) is 5.10 Å². The number of halogens is 1. The number of carbonyl (C=O) groups is 1. The molecule has 0 unspecified atom stereocenters. The van der Waals surface area contributed by atoms with E-state index >= 15 is 0 Å². The number of carbonyl (C=O) groups excluding carboxylic acids is 1. The Hall–Kier alpha value is -3.58. The van der Waals surface area contributed by atoms with Gasteiger partial charge in [0.1, 0.15) is 11.5 Å². The van der Waals surface area contributed by atoms with Crippen LogP contribution in [0.3, 0.4) is 0 Å². The molecule has 7 nitrogen and oxygen atoms in total. The number of aromatic nitrogens is 3. The Morgan fingerprint density at radius 1 is 1.06 bits per heavy atom. The third-order valence-electron chi connectivity index (χ3n) is 5.90. The van der Waals surface area contributed by atoms with Crippen LogP contribution in [0.15, 0.2) is 42.5 Å². The van der Waals surface area contributed by atoms with Gasteiger partial charge in [0.15, 0.2) is 5.65 Å². The minimum atomic E-state index is -0.117. The van der Waals surface area contributed by atoms with E-state index in [1.807, 2.05) is 61.7 Å². The fraction of sp³-hybridized carbons (Fsp3) is 0.269. The molecule has 0 saturated carbocycles. The van der Waals surface area contributed by atoms with Gasteiger partial charge in [0.25, 0.3) is 0 Å². The smallest absolute Gasteiger partial charge is 0.224 e. The van der Waals surface area contributed by atoms with Crippen LogP contribution >= 0.6 is 11.6 Å². The van der Waals surface area contributed by atoms with Crippen LogP contribution in [0.4, 0.5) is 5.69 Å². The summed E-state index contributed by atoms with van der Waals surface area (Å²) in [5.74, 6) is 1.17. The van der Waals surface area contributed by atoms with E-state index in [1.165, 1.54) is 0 Å². The number of anilines is 1. The van der Waals surface area contributed by atoms with E-state index in [0.717, 1.165) is 45.2 Å². The van der Waals surface area contributed by atoms with Gasteiger partial charge < -0.3 is 14.8 Å². The lowest BCUT2D eigenvalue weighted by Gasteiger charge is -2.13. The van der Waals surface area contributed by atoms with Crippen molar-refractivity contribution >= 4 is 28.8 Å². The number of rotatable bonds is 7. The normalized spacial score (nSPS) is 11.0. The molecule has 4 rings (SSSR count). The summed E-state index contributed by atoms with van der Waals surface area (Å²) in [5.41, 5.74) is 6.74. The maximum atomic E-state index is 12.7. The Labute approximate surface area is 203 Å². The van der Waals surface area contributed by atoms with Crippen molar-refractivity contribution in [1.29, 1.82) is 0 Å². The Balaban J connectivity index is 1.57. The van der Waals surface area contributed by atoms with Gasteiger partial charge in [0.2, 0.25) is 5.91 Å². The maximum Gasteiger partial charge on any atom is 0.224 e. The number of benzene rings is 2. The third kappa shape index (κ3) is 4.56. The van der Waals surface area contributed by atoms with Crippen molar-refractivity contribution in [3.05, 3.63) is 70.0 Å². The largest absolute Gasteiger partial charge is 0.496 e. The number of methoxy groups -OCH3 is 2. The molecule has 34 heavy (non-hydrogen) atoms. The maximum absolute atomic E-state index is 12.7. The molecule has 176 valence electrons. The number of aryl methyl sites for hydroxylation is 3. The van der Waals surface area contributed by atoms with Gasteiger partial charge in [-0.05, 0) is 56.5 Å². The predicted molar refractivity (Wildman–Crippen MR) is 134 cm³/mol. The van der Waals surface area contributed by atoms with Crippen molar-refractivity contribution in [3.8, 4) is 22.8 Å². The minimum Gasteiger partial charge on any atom is -0.496 e. The van der Waals surface area contributed by atoms with Crippen LogP contribution in [0.5, 0.6) is 11.5 Å². The number of hydrogen-bond acceptors (Lipinski definition) is 5. The molecule has 0 bridgehead atoms. The highest BCUT2D eigenvalue weighted by Gasteiger charge is 2.17. The third-order valence-corrected chi connectivity index (χ3v) is 6.31. The topological polar surface area (TPSA) is 77.8 Å². The molecule has 0 aliphatic rings. The van der Waals surface area contributed by atoms with E-state index < -0.39 is 0 Å². The van der Waals surface area contributed by atoms with Gasteiger partial charge in [-0.3, -0.25) is 4.79 Å². The lowest BCUT2D eigenvalue weighted by atomic mass is 10.1. The summed E-state index contributed by atoms with van der Waals surface area (Å²) in [6.45, 7) is 5.84. The van der Waals surface area contributed by atoms with Crippen LogP contribution in [0.25, 0.3) is 16.9 Å². The van der Waals surface area contributed by atoms with Crippen molar-refractivity contribution in [2.75, 3.05) is 19.5 Å². The molecule has 1 amide bonds. The van der Waals surface area contributed by atoms with Crippen molar-refractivity contribution < 1.29 is 14.3 Å². The van der Waals surface area contributed by atoms with Crippen molar-refractivity contribution in [2.24, 2.45) is 0 Å². The summed E-state index contributed by atoms with van der Waals surface area (Å²) in [5, 5.41) is 8.30. The number of para-hydroxylation sites is 1. The molecule has 4 aromatic rings. The summed E-state index contributed by atoms with van der Waals surface area (Å²) in [4.78, 5) is 17.5. The Morgan fingerprint density at radius 2 is 1.79 bits per heavy atom. The lowest BCUT2D eigenvalue weighted by Crippen LogP contribution is -2.15. The van der Waals surface area contributed by atoms with Gasteiger partial charge >= 0.3 is 0 Å². The molecule has 0 radical (unpaired) electrons. The standard InChI is InChI=1S/C26H27ClN4O3/c1-15-12-22(24(34-5)13-20(15)27)29-26(32)11-10-18-16(2)28-25-14-21(30-31(25)17(18)3)19-8-6-7-9-23(19)33-4/h6-9,12-14H,10-11H2,1-5H3,(H,29,32). The van der Waals surface area contributed by atoms with Crippen LogP contribution in [0.1, 0.15) is 28.9 Å². The average Bonchev–Trinajstić information content (AvgIpc) is 3.25. The highest BCUT2D eigenvalue weighted by Crippen LogP contribution is 2.32. The quantitative estimate of drug-likeness (QED) is 0.376. The minimum absolute atomic E-state index is 0.117. The van der Waals surface area contributed by atoms with Crippen molar-refractivity contribution in [3.63, 3.8) is 0 Å². The molecule has 0 spiro atoms. The molecular weight excluding hydrogens is 452 g/mol. The molecule has 0 aliphatic carbocycles. The van der Waals surface area contributed by atoms with Crippen LogP contribution in [-0.4, -0.2) is 34.7 Å². The number of nitrogens with one attached hydrogen (secondary N) is 1. The molecule has 0 fully saturated rings. The summed E-state index contributed by atoms with van der Waals surface area (Å²) >= 11 is 6.17. The van der Waals surface area contributed by atoms with Crippen molar-refractivity contribution in [1.82, 2.24) is 14.6 Å². The second-order valence-electron chi connectivity index (χ2n) is 8.11. The summed E-state index contributed by atoms with van der Waals surface area (Å²) < 4.78 is 12.7. The van der Waals surface area contributed by atoms with E-state index in [0.29, 0.717) is 29.3 Å². The Morgan fingerprint density at radius 3 is 2.53 bits per heavy atom. The Kier molecular flexibility index (Phi) is 6.75. The van der Waals surface area contributed by atoms with Gasteiger partial charge in [0.05, 0.1) is 25.6 Å². The van der Waals surface area contributed by atoms with E-state index in [2.05, 4.69) is 5.32 Å². The van der Waals surface area contributed by atoms with Gasteiger partial charge in [0, 0.05) is 40.5 Å². The number of ether oxygens (including phenoxy) is 2. The molecule has 8 heteroatoms. The van der Waals surface area contributed by atoms with Crippen LogP contribution in [-0.2, 0) is 11.2 Å². The fourth-order valence-corrected chi connectivity index (χ4v) is 4.21. The molecule has 0 atom stereocenters. The first kappa shape index (κ1) is 23.6. The fourth-order valence-electron chi connectivity index (χ4n) is 4.06. The summed E-state index contributed by atoms with van der Waals surface area (Å²) in [6, 6.07) is 13.2. The zero-order valence-corrected chi connectivity index (χ0v) is 20.7. The predicted octanol–water partition coefficient (Wildman–Crippen LogP) is 5.56. The number of fused-ring (bicyclic) bond motifs is 1. The molecule has 0 aliphatic heterocycles. The zero-order valence-electron chi connectivity index (χ0n) is 19.9. The number of nitrogens with zero attached hydrogens (tertiary/aromatic N) is 3. The SMILES string of the molecule is COc1cc(Cl)c(C)cc1NC(=O)CCc1c(C)nc2cc(-c3ccccc3OC)nn2c1C. The highest BCUT2D eigenvalue weighted by molar-refractivity contribution is 6.31. The molecular formula is C26H27ClN4O3. The van der Waals surface area contributed by atoms with Gasteiger partial charge in [-0.15, -0.1) is 0 Å². The van der Waals surface area contributed by atoms with Gasteiger partial charge in [-0.1, -0.05) is 23.7 Å². The first-order valence-electron chi connectivity index (χ1n) is 11.0. The number of amides is 1. The molecule has 2 heterocycles. The van der Waals surface area contributed by atoms with E-state index in [1.54, 1.807) is 20.3 Å². The monoisotopic (exact) mass is 478 g/mol. The summed E-state index contributed by atoms with van der Waals surface area (Å²) in [6.07, 6.45) is 0.825. The average molecular weight is 479 g/mol. The highest BCUT2D eigenvalue weighted by atomic mass is 35.5. The molecule has 2 aromatic carbocycles. The van der Waals surface area contributed by atoms with E-state index in [9.17, 15) is 4.79 Å². The molecule has 2 aromatic heterocycles. The second kappa shape index (κ2) is 9.73. The summed E-state index contributed by atoms with van der Waals surface area (Å²) in [7, 11) is 3.19. The van der Waals surface area contributed by atoms with E-state index in [4.69, 9.17) is 31.2 Å². The second-order valence-corrected chi connectivity index (χ2v) is 8.52. The van der Waals surface area contributed by atoms with Crippen LogP contribution in [0.2, 0.25) is 5.02 Å². The number of hydrogen-bond donors (Lipinski definition) is 1. The van der Waals surface area contributed by atoms with E-state index in [-0.39, 0.29) is 5.91 Å². The first-order valence-corrected chi connectivity index (χ1v) is 11.3.